The highest BCUT2D eigenvalue weighted by molar-refractivity contribution is 14.2. The first kappa shape index (κ1) is 5.98. The van der Waals surface area contributed by atoms with Gasteiger partial charge in [0, 0.05) is 0 Å². The molecule has 0 rings (SSSR count). The topological polar surface area (TPSA) is 0 Å². The van der Waals surface area contributed by atoms with E-state index in [4.69, 9.17) is 0 Å². The Balaban J connectivity index is 3.60. The number of rotatable bonds is 0. The summed E-state index contributed by atoms with van der Waals surface area (Å²) in [5.41, 5.74) is 2.67. The lowest BCUT2D eigenvalue weighted by Gasteiger charge is -1.60. The van der Waals surface area contributed by atoms with Crippen LogP contribution >= 0.6 is 45.2 Å². The standard InChI is InChI=1S/C3H2I2/c1-2-3(4)5/h1H2. The number of hydrogen-bond acceptors (Lipinski definition) is 0. The maximum atomic E-state index is 3.38. The monoisotopic (exact) mass is 292 g/mol. The van der Waals surface area contributed by atoms with Crippen LogP contribution in [0.15, 0.2) is 13.9 Å². The van der Waals surface area contributed by atoms with E-state index in [2.05, 4.69) is 57.5 Å². The fourth-order valence-electron chi connectivity index (χ4n) is 0. The summed E-state index contributed by atoms with van der Waals surface area (Å²) in [6, 6.07) is 0. The van der Waals surface area contributed by atoms with Gasteiger partial charge in [-0.15, -0.1) is 5.73 Å². The molecule has 0 saturated heterocycles. The molecule has 0 aromatic carbocycles. The van der Waals surface area contributed by atoms with Crippen molar-refractivity contribution in [2.24, 2.45) is 0 Å². The zero-order valence-corrected chi connectivity index (χ0v) is 6.78. The van der Waals surface area contributed by atoms with E-state index in [0.717, 1.165) is 1.59 Å². The molecule has 0 bridgehead atoms. The van der Waals surface area contributed by atoms with Crippen LogP contribution in [-0.2, 0) is 0 Å². The second-order valence-electron chi connectivity index (χ2n) is 0.437. The second-order valence-corrected chi connectivity index (χ2v) is 4.66. The Kier molecular flexibility index (Phi) is 3.80. The molecule has 0 saturated carbocycles. The zero-order valence-electron chi connectivity index (χ0n) is 2.46. The molecule has 2 heteroatoms. The lowest BCUT2D eigenvalue weighted by Crippen LogP contribution is -1.25. The molecule has 0 unspecified atom stereocenters. The third kappa shape index (κ3) is 4.98. The van der Waals surface area contributed by atoms with Crippen molar-refractivity contribution in [1.29, 1.82) is 0 Å². The van der Waals surface area contributed by atoms with E-state index in [0.29, 0.717) is 0 Å². The van der Waals surface area contributed by atoms with Crippen LogP contribution in [-0.4, -0.2) is 0 Å². The molecule has 28 valence electrons. The molecule has 0 aliphatic carbocycles. The molecule has 0 spiro atoms. The van der Waals surface area contributed by atoms with Gasteiger partial charge in [0.1, 0.15) is 0 Å². The molecule has 0 N–H and O–H groups in total. The van der Waals surface area contributed by atoms with E-state index in [9.17, 15) is 0 Å². The third-order valence-corrected chi connectivity index (χ3v) is 0.896. The predicted octanol–water partition coefficient (Wildman–Crippen LogP) is 2.48. The number of halogens is 2. The number of hydrogen-bond donors (Lipinski definition) is 0. The Morgan fingerprint density at radius 3 is 1.80 bits per heavy atom. The molecule has 0 heterocycles. The first-order valence-electron chi connectivity index (χ1n) is 0.982. The average molecular weight is 292 g/mol. The van der Waals surface area contributed by atoms with Crippen molar-refractivity contribution in [3.8, 4) is 0 Å². The highest BCUT2D eigenvalue weighted by Crippen LogP contribution is 2.10. The minimum Gasteiger partial charge on any atom is -0.108 e. The minimum absolute atomic E-state index is 1.08. The Morgan fingerprint density at radius 2 is 1.80 bits per heavy atom. The van der Waals surface area contributed by atoms with Crippen LogP contribution in [0.3, 0.4) is 0 Å². The molecular formula is C3H2I2. The van der Waals surface area contributed by atoms with Crippen LogP contribution in [0.1, 0.15) is 0 Å². The van der Waals surface area contributed by atoms with Crippen molar-refractivity contribution >= 4 is 45.2 Å². The highest BCUT2D eigenvalue weighted by atomic mass is 127. The van der Waals surface area contributed by atoms with Gasteiger partial charge in [0.25, 0.3) is 0 Å². The van der Waals surface area contributed by atoms with Crippen LogP contribution in [0.5, 0.6) is 0 Å². The highest BCUT2D eigenvalue weighted by Gasteiger charge is 1.64. The molecule has 0 radical (unpaired) electrons. The molecule has 5 heavy (non-hydrogen) atoms. The van der Waals surface area contributed by atoms with Crippen molar-refractivity contribution in [3.05, 3.63) is 13.9 Å². The molecule has 0 fully saturated rings. The summed E-state index contributed by atoms with van der Waals surface area (Å²) < 4.78 is 1.08. The van der Waals surface area contributed by atoms with Gasteiger partial charge in [0.15, 0.2) is 0 Å². The lowest BCUT2D eigenvalue weighted by molar-refractivity contribution is 2.47. The van der Waals surface area contributed by atoms with Gasteiger partial charge in [-0.2, -0.15) is 0 Å². The van der Waals surface area contributed by atoms with Crippen LogP contribution in [0.25, 0.3) is 0 Å². The Labute approximate surface area is 58.6 Å². The molecular weight excluding hydrogens is 290 g/mol. The maximum Gasteiger partial charge on any atom is 0.0924 e. The Morgan fingerprint density at radius 1 is 1.60 bits per heavy atom. The molecule has 0 aliphatic rings. The zero-order chi connectivity index (χ0) is 4.28. The minimum atomic E-state index is 1.08. The largest absolute Gasteiger partial charge is 0.108 e. The van der Waals surface area contributed by atoms with E-state index in [-0.39, 0.29) is 0 Å². The van der Waals surface area contributed by atoms with Gasteiger partial charge in [-0.25, -0.2) is 0 Å². The van der Waals surface area contributed by atoms with Crippen LogP contribution in [0.2, 0.25) is 0 Å². The predicted molar refractivity (Wildman–Crippen MR) is 40.7 cm³/mol. The van der Waals surface area contributed by atoms with Gasteiger partial charge < -0.3 is 0 Å². The van der Waals surface area contributed by atoms with Crippen molar-refractivity contribution in [2.45, 2.75) is 0 Å². The molecule has 0 aromatic heterocycles. The van der Waals surface area contributed by atoms with E-state index >= 15 is 0 Å². The van der Waals surface area contributed by atoms with Gasteiger partial charge in [-0.05, 0) is 45.2 Å². The van der Waals surface area contributed by atoms with Crippen LogP contribution in [0.4, 0.5) is 0 Å². The normalized spacial score (nSPS) is 6.00. The molecule has 0 aliphatic heterocycles. The van der Waals surface area contributed by atoms with Gasteiger partial charge >= 0.3 is 0 Å². The summed E-state index contributed by atoms with van der Waals surface area (Å²) in [5.74, 6) is 0. The smallest absolute Gasteiger partial charge is 0.0924 e. The Hall–Kier alpha value is 0.980. The Bertz CT molecular complexity index is 65.0. The average Bonchev–Trinajstić information content (AvgIpc) is 1.38. The first-order chi connectivity index (χ1) is 2.27. The first-order valence-corrected chi connectivity index (χ1v) is 3.14. The van der Waals surface area contributed by atoms with Crippen molar-refractivity contribution in [2.75, 3.05) is 0 Å². The molecule has 0 amide bonds. The molecule has 0 nitrogen and oxygen atoms in total. The van der Waals surface area contributed by atoms with Gasteiger partial charge in [-0.1, -0.05) is 6.58 Å². The summed E-state index contributed by atoms with van der Waals surface area (Å²) in [4.78, 5) is 0. The van der Waals surface area contributed by atoms with Gasteiger partial charge in [-0.3, -0.25) is 0 Å². The third-order valence-electron chi connectivity index (χ3n) is 0.134. The fraction of sp³-hybridized carbons (Fsp3) is 0. The summed E-state index contributed by atoms with van der Waals surface area (Å²) in [7, 11) is 0. The summed E-state index contributed by atoms with van der Waals surface area (Å²) in [6.07, 6.45) is 0. The quantitative estimate of drug-likeness (QED) is 0.475. The van der Waals surface area contributed by atoms with Crippen molar-refractivity contribution < 1.29 is 0 Å². The molecule has 0 aromatic rings. The van der Waals surface area contributed by atoms with E-state index in [1.165, 1.54) is 0 Å². The summed E-state index contributed by atoms with van der Waals surface area (Å²) in [5, 5.41) is 0. The van der Waals surface area contributed by atoms with Gasteiger partial charge in [0.2, 0.25) is 0 Å². The fourth-order valence-corrected chi connectivity index (χ4v) is 0. The summed E-state index contributed by atoms with van der Waals surface area (Å²) >= 11 is 4.27. The lowest BCUT2D eigenvalue weighted by atomic mass is 11.0. The van der Waals surface area contributed by atoms with Crippen LogP contribution in [0, 0.1) is 0 Å². The van der Waals surface area contributed by atoms with E-state index in [1.54, 1.807) is 0 Å². The van der Waals surface area contributed by atoms with Crippen LogP contribution < -0.4 is 0 Å². The summed E-state index contributed by atoms with van der Waals surface area (Å²) in [6.45, 7) is 3.38. The molecule has 0 atom stereocenters. The second kappa shape index (κ2) is 3.18. The van der Waals surface area contributed by atoms with Crippen molar-refractivity contribution in [3.63, 3.8) is 0 Å². The maximum absolute atomic E-state index is 3.38. The van der Waals surface area contributed by atoms with Gasteiger partial charge in [0.05, 0.1) is 1.59 Å². The SMILES string of the molecule is C=C=C(I)I. The van der Waals surface area contributed by atoms with E-state index in [1.807, 2.05) is 0 Å². The van der Waals surface area contributed by atoms with Crippen molar-refractivity contribution in [1.82, 2.24) is 0 Å². The van der Waals surface area contributed by atoms with E-state index < -0.39 is 0 Å².